The summed E-state index contributed by atoms with van der Waals surface area (Å²) in [4.78, 5) is 13.6. The second kappa shape index (κ2) is 5.93. The summed E-state index contributed by atoms with van der Waals surface area (Å²) in [5, 5.41) is 10.2. The molecule has 1 saturated carbocycles. The van der Waals surface area contributed by atoms with E-state index in [1.807, 2.05) is 31.3 Å². The number of carbonyl (C=O) groups is 1. The van der Waals surface area contributed by atoms with Crippen molar-refractivity contribution in [1.82, 2.24) is 4.90 Å². The van der Waals surface area contributed by atoms with E-state index in [9.17, 15) is 9.90 Å². The van der Waals surface area contributed by atoms with Crippen molar-refractivity contribution in [3.05, 3.63) is 34.9 Å². The highest BCUT2D eigenvalue weighted by molar-refractivity contribution is 6.30. The van der Waals surface area contributed by atoms with Gasteiger partial charge in [0.05, 0.1) is 5.41 Å². The molecule has 0 unspecified atom stereocenters. The van der Waals surface area contributed by atoms with Crippen LogP contribution >= 0.6 is 11.6 Å². The normalized spacial score (nSPS) is 17.8. The zero-order valence-electron chi connectivity index (χ0n) is 11.2. The Balaban J connectivity index is 2.00. The minimum atomic E-state index is -0.650. The van der Waals surface area contributed by atoms with Gasteiger partial charge >= 0.3 is 5.97 Å². The van der Waals surface area contributed by atoms with Gasteiger partial charge in [-0.25, -0.2) is 0 Å². The lowest BCUT2D eigenvalue weighted by atomic mass is 9.85. The lowest BCUT2D eigenvalue weighted by Gasteiger charge is -2.29. The monoisotopic (exact) mass is 281 g/mol. The Kier molecular flexibility index (Phi) is 4.48. The van der Waals surface area contributed by atoms with Gasteiger partial charge in [-0.3, -0.25) is 4.79 Å². The SMILES string of the molecule is CN(Cc1cccc(Cl)c1)CC1(C(=O)O)CCCC1. The molecule has 0 amide bonds. The lowest BCUT2D eigenvalue weighted by Crippen LogP contribution is -2.39. The van der Waals surface area contributed by atoms with Gasteiger partial charge in [0.15, 0.2) is 0 Å². The fraction of sp³-hybridized carbons (Fsp3) is 0.533. The van der Waals surface area contributed by atoms with Crippen LogP contribution < -0.4 is 0 Å². The molecule has 104 valence electrons. The topological polar surface area (TPSA) is 40.5 Å². The van der Waals surface area contributed by atoms with Gasteiger partial charge < -0.3 is 10.0 Å². The van der Waals surface area contributed by atoms with E-state index < -0.39 is 11.4 Å². The van der Waals surface area contributed by atoms with Crippen LogP contribution in [0.3, 0.4) is 0 Å². The molecule has 1 aliphatic carbocycles. The molecule has 0 saturated heterocycles. The van der Waals surface area contributed by atoms with Crippen LogP contribution in [-0.2, 0) is 11.3 Å². The van der Waals surface area contributed by atoms with E-state index in [1.54, 1.807) is 0 Å². The highest BCUT2D eigenvalue weighted by Gasteiger charge is 2.41. The molecule has 0 heterocycles. The number of hydrogen-bond donors (Lipinski definition) is 1. The molecule has 1 N–H and O–H groups in total. The minimum Gasteiger partial charge on any atom is -0.481 e. The first-order valence-corrected chi connectivity index (χ1v) is 7.06. The van der Waals surface area contributed by atoms with Crippen molar-refractivity contribution >= 4 is 17.6 Å². The van der Waals surface area contributed by atoms with Crippen LogP contribution in [0.5, 0.6) is 0 Å². The van der Waals surface area contributed by atoms with Gasteiger partial charge in [0.1, 0.15) is 0 Å². The van der Waals surface area contributed by atoms with Gasteiger partial charge in [0.25, 0.3) is 0 Å². The third-order valence-corrected chi connectivity index (χ3v) is 4.16. The summed E-state index contributed by atoms with van der Waals surface area (Å²) in [6.07, 6.45) is 3.64. The van der Waals surface area contributed by atoms with Crippen LogP contribution in [0.4, 0.5) is 0 Å². The van der Waals surface area contributed by atoms with E-state index in [4.69, 9.17) is 11.6 Å². The summed E-state index contributed by atoms with van der Waals surface area (Å²) in [6.45, 7) is 1.34. The van der Waals surface area contributed by atoms with Gasteiger partial charge in [0, 0.05) is 18.1 Å². The highest BCUT2D eigenvalue weighted by atomic mass is 35.5. The summed E-state index contributed by atoms with van der Waals surface area (Å²) < 4.78 is 0. The maximum Gasteiger partial charge on any atom is 0.310 e. The molecule has 3 nitrogen and oxygen atoms in total. The van der Waals surface area contributed by atoms with Crippen molar-refractivity contribution in [1.29, 1.82) is 0 Å². The van der Waals surface area contributed by atoms with Crippen molar-refractivity contribution < 1.29 is 9.90 Å². The predicted octanol–water partition coefficient (Wildman–Crippen LogP) is 3.42. The van der Waals surface area contributed by atoms with Crippen LogP contribution in [0, 0.1) is 5.41 Å². The highest BCUT2D eigenvalue weighted by Crippen LogP contribution is 2.39. The summed E-state index contributed by atoms with van der Waals surface area (Å²) in [5.41, 5.74) is 0.571. The second-order valence-electron chi connectivity index (χ2n) is 5.59. The molecule has 0 aliphatic heterocycles. The van der Waals surface area contributed by atoms with Crippen molar-refractivity contribution in [2.45, 2.75) is 32.2 Å². The van der Waals surface area contributed by atoms with Gasteiger partial charge in [0.2, 0.25) is 0 Å². The Bertz CT molecular complexity index is 455. The molecule has 0 aromatic heterocycles. The van der Waals surface area contributed by atoms with Crippen molar-refractivity contribution in [2.75, 3.05) is 13.6 Å². The molecule has 19 heavy (non-hydrogen) atoms. The smallest absolute Gasteiger partial charge is 0.310 e. The van der Waals surface area contributed by atoms with E-state index in [2.05, 4.69) is 4.90 Å². The van der Waals surface area contributed by atoms with Crippen molar-refractivity contribution in [3.63, 3.8) is 0 Å². The van der Waals surface area contributed by atoms with E-state index >= 15 is 0 Å². The number of hydrogen-bond acceptors (Lipinski definition) is 2. The molecule has 1 aliphatic rings. The average molecular weight is 282 g/mol. The number of benzene rings is 1. The Hall–Kier alpha value is -1.06. The minimum absolute atomic E-state index is 0.548. The number of carboxylic acid groups (broad SMARTS) is 1. The van der Waals surface area contributed by atoms with E-state index in [1.165, 1.54) is 0 Å². The Labute approximate surface area is 119 Å². The van der Waals surface area contributed by atoms with E-state index in [0.717, 1.165) is 42.8 Å². The van der Waals surface area contributed by atoms with Gasteiger partial charge in [-0.05, 0) is 37.6 Å². The third-order valence-electron chi connectivity index (χ3n) is 3.93. The molecular formula is C15H20ClNO2. The number of nitrogens with zero attached hydrogens (tertiary/aromatic N) is 1. The molecule has 0 radical (unpaired) electrons. The zero-order chi connectivity index (χ0) is 13.9. The van der Waals surface area contributed by atoms with Crippen LogP contribution in [0.25, 0.3) is 0 Å². The summed E-state index contributed by atoms with van der Waals surface area (Å²) >= 11 is 5.96. The first kappa shape index (κ1) is 14.4. The summed E-state index contributed by atoms with van der Waals surface area (Å²) in [6, 6.07) is 7.72. The zero-order valence-corrected chi connectivity index (χ0v) is 12.0. The van der Waals surface area contributed by atoms with E-state index in [0.29, 0.717) is 6.54 Å². The average Bonchev–Trinajstić information content (AvgIpc) is 2.78. The van der Waals surface area contributed by atoms with Gasteiger partial charge in [-0.2, -0.15) is 0 Å². The molecule has 4 heteroatoms. The fourth-order valence-corrected chi connectivity index (χ4v) is 3.22. The van der Waals surface area contributed by atoms with Crippen LogP contribution in [0.1, 0.15) is 31.2 Å². The predicted molar refractivity (Wildman–Crippen MR) is 76.3 cm³/mol. The first-order chi connectivity index (χ1) is 9.02. The lowest BCUT2D eigenvalue weighted by molar-refractivity contribution is -0.149. The van der Waals surface area contributed by atoms with E-state index in [-0.39, 0.29) is 0 Å². The first-order valence-electron chi connectivity index (χ1n) is 6.68. The fourth-order valence-electron chi connectivity index (χ4n) is 3.01. The molecule has 0 spiro atoms. The Morgan fingerprint density at radius 3 is 2.68 bits per heavy atom. The number of halogens is 1. The number of carboxylic acids is 1. The largest absolute Gasteiger partial charge is 0.481 e. The van der Waals surface area contributed by atoms with Crippen LogP contribution in [-0.4, -0.2) is 29.6 Å². The second-order valence-corrected chi connectivity index (χ2v) is 6.03. The number of rotatable bonds is 5. The molecule has 0 atom stereocenters. The number of aliphatic carboxylic acids is 1. The standard InChI is InChI=1S/C15H20ClNO2/c1-17(10-12-5-4-6-13(16)9-12)11-15(14(18)19)7-2-3-8-15/h4-6,9H,2-3,7-8,10-11H2,1H3,(H,18,19). The molecular weight excluding hydrogens is 262 g/mol. The molecule has 1 aromatic carbocycles. The Morgan fingerprint density at radius 2 is 2.11 bits per heavy atom. The summed E-state index contributed by atoms with van der Waals surface area (Å²) in [7, 11) is 1.98. The quantitative estimate of drug-likeness (QED) is 0.899. The van der Waals surface area contributed by atoms with Gasteiger partial charge in [-0.15, -0.1) is 0 Å². The van der Waals surface area contributed by atoms with Crippen LogP contribution in [0.2, 0.25) is 5.02 Å². The third kappa shape index (κ3) is 3.48. The molecule has 1 fully saturated rings. The Morgan fingerprint density at radius 1 is 1.42 bits per heavy atom. The molecule has 0 bridgehead atoms. The molecule has 1 aromatic rings. The van der Waals surface area contributed by atoms with Crippen molar-refractivity contribution in [3.8, 4) is 0 Å². The summed E-state index contributed by atoms with van der Waals surface area (Å²) in [5.74, 6) is -0.650. The maximum atomic E-state index is 11.5. The van der Waals surface area contributed by atoms with Crippen molar-refractivity contribution in [2.24, 2.45) is 5.41 Å². The van der Waals surface area contributed by atoms with Crippen LogP contribution in [0.15, 0.2) is 24.3 Å². The maximum absolute atomic E-state index is 11.5. The van der Waals surface area contributed by atoms with Gasteiger partial charge in [-0.1, -0.05) is 36.6 Å². The molecule has 2 rings (SSSR count).